The molecule has 0 unspecified atom stereocenters. The Morgan fingerprint density at radius 2 is 1.63 bits per heavy atom. The van der Waals surface area contributed by atoms with Gasteiger partial charge in [0.25, 0.3) is 10.0 Å². The Hall–Kier alpha value is -3.59. The van der Waals surface area contributed by atoms with E-state index in [9.17, 15) is 17.6 Å². The second kappa shape index (κ2) is 11.7. The molecular weight excluding hydrogens is 471 g/mol. The monoisotopic (exact) mass is 500 g/mol. The van der Waals surface area contributed by atoms with E-state index in [1.54, 1.807) is 0 Å². The van der Waals surface area contributed by atoms with Gasteiger partial charge in [-0.2, -0.15) is 0 Å². The van der Waals surface area contributed by atoms with Gasteiger partial charge in [0.2, 0.25) is 5.91 Å². The van der Waals surface area contributed by atoms with Crippen molar-refractivity contribution in [3.05, 3.63) is 84.2 Å². The third kappa shape index (κ3) is 6.73. The molecule has 7 nitrogen and oxygen atoms in total. The summed E-state index contributed by atoms with van der Waals surface area (Å²) in [5.41, 5.74) is 1.31. The standard InChI is InChI=1S/C26H29FN2O5S/c1-19(9-10-20-7-5-4-6-8-20)28-26(30)18-29(22-13-11-21(27)12-14-22)35(31,32)23-15-16-24(33-2)25(17-23)34-3/h4-8,11-17,19H,9-10,18H2,1-3H3,(H,28,30)/t19-/m1/s1. The predicted molar refractivity (Wildman–Crippen MR) is 133 cm³/mol. The summed E-state index contributed by atoms with van der Waals surface area (Å²) in [5, 5.41) is 2.86. The molecule has 0 spiro atoms. The van der Waals surface area contributed by atoms with Crippen molar-refractivity contribution in [1.29, 1.82) is 0 Å². The van der Waals surface area contributed by atoms with Gasteiger partial charge in [-0.3, -0.25) is 9.10 Å². The van der Waals surface area contributed by atoms with E-state index >= 15 is 0 Å². The molecule has 0 aliphatic carbocycles. The number of halogens is 1. The number of benzene rings is 3. The van der Waals surface area contributed by atoms with Gasteiger partial charge in [0, 0.05) is 12.1 Å². The lowest BCUT2D eigenvalue weighted by Crippen LogP contribution is -2.43. The maximum absolute atomic E-state index is 13.6. The zero-order valence-corrected chi connectivity index (χ0v) is 20.7. The van der Waals surface area contributed by atoms with Crippen LogP contribution < -0.4 is 19.1 Å². The van der Waals surface area contributed by atoms with Gasteiger partial charge in [-0.1, -0.05) is 30.3 Å². The Bertz CT molecular complexity index is 1230. The van der Waals surface area contributed by atoms with Gasteiger partial charge in [0.15, 0.2) is 11.5 Å². The van der Waals surface area contributed by atoms with E-state index in [-0.39, 0.29) is 22.4 Å². The molecule has 9 heteroatoms. The molecule has 3 aromatic carbocycles. The Labute approximate surface area is 205 Å². The summed E-state index contributed by atoms with van der Waals surface area (Å²) in [6, 6.07) is 18.8. The largest absolute Gasteiger partial charge is 0.493 e. The molecule has 0 aromatic heterocycles. The van der Waals surface area contributed by atoms with Gasteiger partial charge in [-0.05, 0) is 61.7 Å². The highest BCUT2D eigenvalue weighted by Crippen LogP contribution is 2.32. The van der Waals surface area contributed by atoms with E-state index in [2.05, 4.69) is 5.32 Å². The topological polar surface area (TPSA) is 84.9 Å². The average molecular weight is 501 g/mol. The molecule has 1 amide bonds. The van der Waals surface area contributed by atoms with Crippen molar-refractivity contribution in [1.82, 2.24) is 5.32 Å². The summed E-state index contributed by atoms with van der Waals surface area (Å²) in [6.45, 7) is 1.39. The van der Waals surface area contributed by atoms with Crippen LogP contribution in [0, 0.1) is 5.82 Å². The number of rotatable bonds is 11. The van der Waals surface area contributed by atoms with E-state index in [0.717, 1.165) is 28.4 Å². The van der Waals surface area contributed by atoms with Crippen molar-refractivity contribution in [3.63, 3.8) is 0 Å². The number of aryl methyl sites for hydroxylation is 1. The third-order valence-electron chi connectivity index (χ3n) is 5.46. The quantitative estimate of drug-likeness (QED) is 0.427. The zero-order chi connectivity index (χ0) is 25.4. The molecular formula is C26H29FN2O5S. The fourth-order valence-corrected chi connectivity index (χ4v) is 5.01. The van der Waals surface area contributed by atoms with Crippen LogP contribution in [0.4, 0.5) is 10.1 Å². The van der Waals surface area contributed by atoms with E-state index in [4.69, 9.17) is 9.47 Å². The number of amides is 1. The lowest BCUT2D eigenvalue weighted by molar-refractivity contribution is -0.120. The first-order valence-electron chi connectivity index (χ1n) is 11.1. The van der Waals surface area contributed by atoms with Crippen LogP contribution in [0.5, 0.6) is 11.5 Å². The first-order valence-corrected chi connectivity index (χ1v) is 12.5. The number of nitrogens with one attached hydrogen (secondary N) is 1. The van der Waals surface area contributed by atoms with Crippen molar-refractivity contribution in [2.75, 3.05) is 25.1 Å². The molecule has 0 aliphatic heterocycles. The minimum atomic E-state index is -4.20. The van der Waals surface area contributed by atoms with Crippen LogP contribution in [0.3, 0.4) is 0 Å². The summed E-state index contributed by atoms with van der Waals surface area (Å²) < 4.78 is 52.1. The minimum absolute atomic E-state index is 0.0931. The first-order chi connectivity index (χ1) is 16.7. The number of carbonyl (C=O) groups excluding carboxylic acids is 1. The first kappa shape index (κ1) is 26.0. The molecule has 1 N–H and O–H groups in total. The van der Waals surface area contributed by atoms with Crippen LogP contribution >= 0.6 is 0 Å². The lowest BCUT2D eigenvalue weighted by Gasteiger charge is -2.25. The Balaban J connectivity index is 1.82. The Morgan fingerprint density at radius 1 is 0.971 bits per heavy atom. The van der Waals surface area contributed by atoms with Gasteiger partial charge in [-0.25, -0.2) is 12.8 Å². The molecule has 0 radical (unpaired) electrons. The maximum atomic E-state index is 13.6. The highest BCUT2D eigenvalue weighted by atomic mass is 32.2. The fraction of sp³-hybridized carbons (Fsp3) is 0.269. The zero-order valence-electron chi connectivity index (χ0n) is 19.9. The van der Waals surface area contributed by atoms with Gasteiger partial charge >= 0.3 is 0 Å². The van der Waals surface area contributed by atoms with Gasteiger partial charge < -0.3 is 14.8 Å². The molecule has 1 atom stereocenters. The molecule has 0 bridgehead atoms. The number of carbonyl (C=O) groups is 1. The highest BCUT2D eigenvalue weighted by Gasteiger charge is 2.28. The van der Waals surface area contributed by atoms with Crippen LogP contribution in [-0.4, -0.2) is 41.1 Å². The predicted octanol–water partition coefficient (Wildman–Crippen LogP) is 4.18. The van der Waals surface area contributed by atoms with Crippen molar-refractivity contribution < 1.29 is 27.1 Å². The molecule has 186 valence electrons. The van der Waals surface area contributed by atoms with Gasteiger partial charge in [0.05, 0.1) is 24.8 Å². The summed E-state index contributed by atoms with van der Waals surface area (Å²) in [4.78, 5) is 12.8. The van der Waals surface area contributed by atoms with E-state index in [0.29, 0.717) is 12.2 Å². The van der Waals surface area contributed by atoms with Crippen LogP contribution in [0.1, 0.15) is 18.9 Å². The number of sulfonamides is 1. The minimum Gasteiger partial charge on any atom is -0.493 e. The summed E-state index contributed by atoms with van der Waals surface area (Å²) in [7, 11) is -1.35. The molecule has 0 saturated carbocycles. The molecule has 0 fully saturated rings. The Morgan fingerprint density at radius 3 is 2.26 bits per heavy atom. The molecule has 0 aliphatic rings. The fourth-order valence-electron chi connectivity index (χ4n) is 3.58. The molecule has 3 aromatic rings. The number of methoxy groups -OCH3 is 2. The molecule has 3 rings (SSSR count). The normalized spacial score (nSPS) is 12.0. The van der Waals surface area contributed by atoms with Crippen LogP contribution in [0.15, 0.2) is 77.7 Å². The third-order valence-corrected chi connectivity index (χ3v) is 7.23. The Kier molecular flexibility index (Phi) is 8.70. The SMILES string of the molecule is COc1ccc(S(=O)(=O)N(CC(=O)N[C@H](C)CCc2ccccc2)c2ccc(F)cc2)cc1OC. The second-order valence-electron chi connectivity index (χ2n) is 8.00. The van der Waals surface area contributed by atoms with Crippen LogP contribution in [0.2, 0.25) is 0 Å². The summed E-state index contributed by atoms with van der Waals surface area (Å²) >= 11 is 0. The van der Waals surface area contributed by atoms with Crippen LogP contribution in [0.25, 0.3) is 0 Å². The van der Waals surface area contributed by atoms with Crippen molar-refractivity contribution in [2.45, 2.75) is 30.7 Å². The van der Waals surface area contributed by atoms with Crippen molar-refractivity contribution in [2.24, 2.45) is 0 Å². The lowest BCUT2D eigenvalue weighted by atomic mass is 10.1. The number of hydrogen-bond acceptors (Lipinski definition) is 5. The van der Waals surface area contributed by atoms with Crippen molar-refractivity contribution in [3.8, 4) is 11.5 Å². The maximum Gasteiger partial charge on any atom is 0.264 e. The summed E-state index contributed by atoms with van der Waals surface area (Å²) in [5.74, 6) is -0.397. The second-order valence-corrected chi connectivity index (χ2v) is 9.86. The number of hydrogen-bond donors (Lipinski definition) is 1. The smallest absolute Gasteiger partial charge is 0.264 e. The van der Waals surface area contributed by atoms with E-state index in [1.807, 2.05) is 37.3 Å². The molecule has 0 heterocycles. The van der Waals surface area contributed by atoms with E-state index in [1.165, 1.54) is 44.6 Å². The number of anilines is 1. The average Bonchev–Trinajstić information content (AvgIpc) is 2.86. The highest BCUT2D eigenvalue weighted by molar-refractivity contribution is 7.92. The number of ether oxygens (including phenoxy) is 2. The van der Waals surface area contributed by atoms with Crippen molar-refractivity contribution >= 4 is 21.6 Å². The molecule has 35 heavy (non-hydrogen) atoms. The van der Waals surface area contributed by atoms with Gasteiger partial charge in [-0.15, -0.1) is 0 Å². The summed E-state index contributed by atoms with van der Waals surface area (Å²) in [6.07, 6.45) is 1.46. The number of nitrogens with zero attached hydrogens (tertiary/aromatic N) is 1. The van der Waals surface area contributed by atoms with E-state index < -0.39 is 28.3 Å². The molecule has 0 saturated heterocycles. The van der Waals surface area contributed by atoms with Crippen LogP contribution in [-0.2, 0) is 21.2 Å². The van der Waals surface area contributed by atoms with Gasteiger partial charge in [0.1, 0.15) is 12.4 Å².